The molecule has 1 unspecified atom stereocenters. The number of carbonyl (C=O) groups excluding carboxylic acids is 1. The average Bonchev–Trinajstić information content (AvgIpc) is 3.20. The Labute approximate surface area is 160 Å². The van der Waals surface area contributed by atoms with Crippen LogP contribution in [0.25, 0.3) is 11.5 Å². The van der Waals surface area contributed by atoms with Gasteiger partial charge in [-0.15, -0.1) is 0 Å². The molecule has 1 saturated heterocycles. The van der Waals surface area contributed by atoms with Gasteiger partial charge in [0.1, 0.15) is 11.5 Å². The minimum Gasteiger partial charge on any atom is -0.496 e. The fourth-order valence-electron chi connectivity index (χ4n) is 3.46. The number of benzene rings is 1. The Morgan fingerprint density at radius 3 is 2.74 bits per heavy atom. The van der Waals surface area contributed by atoms with Gasteiger partial charge in [0.2, 0.25) is 11.8 Å². The van der Waals surface area contributed by atoms with Gasteiger partial charge in [-0.3, -0.25) is 9.69 Å². The smallest absolute Gasteiger partial charge is 0.226 e. The first kappa shape index (κ1) is 19.4. The molecule has 3 rings (SSSR count). The third kappa shape index (κ3) is 4.50. The van der Waals surface area contributed by atoms with E-state index in [0.717, 1.165) is 41.3 Å². The van der Waals surface area contributed by atoms with Crippen molar-refractivity contribution in [1.29, 1.82) is 0 Å². The van der Waals surface area contributed by atoms with E-state index in [1.165, 1.54) is 0 Å². The van der Waals surface area contributed by atoms with Crippen molar-refractivity contribution in [3.8, 4) is 17.2 Å². The first-order chi connectivity index (χ1) is 12.9. The van der Waals surface area contributed by atoms with Crippen LogP contribution in [0.3, 0.4) is 0 Å². The molecule has 6 heteroatoms. The van der Waals surface area contributed by atoms with Crippen LogP contribution in [0.5, 0.6) is 5.75 Å². The summed E-state index contributed by atoms with van der Waals surface area (Å²) in [6, 6.07) is 6.51. The summed E-state index contributed by atoms with van der Waals surface area (Å²) in [5.74, 6) is 2.47. The van der Waals surface area contributed by atoms with Gasteiger partial charge in [0, 0.05) is 37.2 Å². The van der Waals surface area contributed by atoms with Gasteiger partial charge in [0.25, 0.3) is 0 Å². The molecular formula is C21H29N3O3. The van der Waals surface area contributed by atoms with Crippen molar-refractivity contribution in [3.63, 3.8) is 0 Å². The van der Waals surface area contributed by atoms with E-state index in [0.29, 0.717) is 24.9 Å². The summed E-state index contributed by atoms with van der Waals surface area (Å²) in [4.78, 5) is 18.6. The minimum atomic E-state index is 0.151. The molecule has 0 spiro atoms. The van der Waals surface area contributed by atoms with Gasteiger partial charge in [-0.1, -0.05) is 0 Å². The molecule has 6 nitrogen and oxygen atoms in total. The van der Waals surface area contributed by atoms with Crippen LogP contribution >= 0.6 is 0 Å². The van der Waals surface area contributed by atoms with Crippen LogP contribution in [-0.2, 0) is 11.3 Å². The standard InChI is InChI=1S/C21H29N3O3/c1-13(2)24(11-17-7-9-20(25)22-17)12-18-15(4)27-21(23-18)16-6-8-19(26-5)14(3)10-16/h6,8,10,13,17H,7,9,11-12H2,1-5H3,(H,22,25). The third-order valence-corrected chi connectivity index (χ3v) is 5.16. The fourth-order valence-corrected chi connectivity index (χ4v) is 3.46. The summed E-state index contributed by atoms with van der Waals surface area (Å²) in [6.45, 7) is 9.83. The molecule has 0 saturated carbocycles. The van der Waals surface area contributed by atoms with Crippen LogP contribution in [-0.4, -0.2) is 41.5 Å². The Morgan fingerprint density at radius 2 is 2.15 bits per heavy atom. The SMILES string of the molecule is COc1ccc(-c2nc(CN(CC3CCC(=O)N3)C(C)C)c(C)o2)cc1C. The maximum absolute atomic E-state index is 11.5. The van der Waals surface area contributed by atoms with Crippen molar-refractivity contribution < 1.29 is 13.9 Å². The number of aryl methyl sites for hydroxylation is 2. The molecule has 1 atom stereocenters. The van der Waals surface area contributed by atoms with Gasteiger partial charge in [-0.2, -0.15) is 0 Å². The number of carbonyl (C=O) groups is 1. The van der Waals surface area contributed by atoms with Gasteiger partial charge in [0.05, 0.1) is 12.8 Å². The first-order valence-electron chi connectivity index (χ1n) is 9.52. The predicted molar refractivity (Wildman–Crippen MR) is 105 cm³/mol. The summed E-state index contributed by atoms with van der Waals surface area (Å²) in [7, 11) is 1.67. The van der Waals surface area contributed by atoms with E-state index in [-0.39, 0.29) is 11.9 Å². The van der Waals surface area contributed by atoms with E-state index in [4.69, 9.17) is 14.1 Å². The van der Waals surface area contributed by atoms with Gasteiger partial charge in [-0.25, -0.2) is 4.98 Å². The van der Waals surface area contributed by atoms with E-state index in [1.54, 1.807) is 7.11 Å². The largest absolute Gasteiger partial charge is 0.496 e. The highest BCUT2D eigenvalue weighted by atomic mass is 16.5. The highest BCUT2D eigenvalue weighted by Gasteiger charge is 2.25. The lowest BCUT2D eigenvalue weighted by atomic mass is 10.1. The van der Waals surface area contributed by atoms with Gasteiger partial charge in [-0.05, 0) is 57.9 Å². The lowest BCUT2D eigenvalue weighted by molar-refractivity contribution is -0.119. The molecule has 1 aliphatic heterocycles. The zero-order valence-corrected chi connectivity index (χ0v) is 16.8. The Balaban J connectivity index is 1.76. The number of amides is 1. The molecule has 1 aromatic heterocycles. The van der Waals surface area contributed by atoms with Crippen molar-refractivity contribution in [2.75, 3.05) is 13.7 Å². The summed E-state index contributed by atoms with van der Waals surface area (Å²) < 4.78 is 11.3. The normalized spacial score (nSPS) is 17.0. The lowest BCUT2D eigenvalue weighted by Gasteiger charge is -2.28. The predicted octanol–water partition coefficient (Wildman–Crippen LogP) is 3.46. The Morgan fingerprint density at radius 1 is 1.37 bits per heavy atom. The zero-order chi connectivity index (χ0) is 19.6. The highest BCUT2D eigenvalue weighted by Crippen LogP contribution is 2.27. The second-order valence-corrected chi connectivity index (χ2v) is 7.53. The van der Waals surface area contributed by atoms with E-state index in [1.807, 2.05) is 32.0 Å². The molecular weight excluding hydrogens is 342 g/mol. The van der Waals surface area contributed by atoms with Crippen LogP contribution in [0.1, 0.15) is 43.7 Å². The number of hydrogen-bond acceptors (Lipinski definition) is 5. The van der Waals surface area contributed by atoms with Crippen LogP contribution < -0.4 is 10.1 Å². The highest BCUT2D eigenvalue weighted by molar-refractivity contribution is 5.78. The number of oxazole rings is 1. The van der Waals surface area contributed by atoms with Crippen molar-refractivity contribution in [2.45, 2.75) is 59.2 Å². The number of ether oxygens (including phenoxy) is 1. The fraction of sp³-hybridized carbons (Fsp3) is 0.524. The molecule has 0 aliphatic carbocycles. The van der Waals surface area contributed by atoms with Gasteiger partial charge in [0.15, 0.2) is 0 Å². The maximum atomic E-state index is 11.5. The van der Waals surface area contributed by atoms with E-state index < -0.39 is 0 Å². The number of rotatable bonds is 7. The molecule has 1 fully saturated rings. The minimum absolute atomic E-state index is 0.151. The summed E-state index contributed by atoms with van der Waals surface area (Å²) >= 11 is 0. The van der Waals surface area contributed by atoms with Crippen LogP contribution in [0, 0.1) is 13.8 Å². The Kier molecular flexibility index (Phi) is 5.85. The number of hydrogen-bond donors (Lipinski definition) is 1. The molecule has 1 N–H and O–H groups in total. The molecule has 1 aliphatic rings. The third-order valence-electron chi connectivity index (χ3n) is 5.16. The van der Waals surface area contributed by atoms with Crippen LogP contribution in [0.15, 0.2) is 22.6 Å². The molecule has 1 aromatic carbocycles. The second kappa shape index (κ2) is 8.13. The van der Waals surface area contributed by atoms with Crippen LogP contribution in [0.4, 0.5) is 0 Å². The molecule has 27 heavy (non-hydrogen) atoms. The quantitative estimate of drug-likeness (QED) is 0.807. The monoisotopic (exact) mass is 371 g/mol. The maximum Gasteiger partial charge on any atom is 0.226 e. The molecule has 0 radical (unpaired) electrons. The summed E-state index contributed by atoms with van der Waals surface area (Å²) in [5, 5.41) is 3.05. The number of methoxy groups -OCH3 is 1. The lowest BCUT2D eigenvalue weighted by Crippen LogP contribution is -2.41. The zero-order valence-electron chi connectivity index (χ0n) is 16.8. The van der Waals surface area contributed by atoms with Crippen molar-refractivity contribution in [2.24, 2.45) is 0 Å². The van der Waals surface area contributed by atoms with Crippen molar-refractivity contribution in [3.05, 3.63) is 35.2 Å². The number of nitrogens with zero attached hydrogens (tertiary/aromatic N) is 2. The Hall–Kier alpha value is -2.34. The molecule has 2 aromatic rings. The Bertz CT molecular complexity index is 813. The van der Waals surface area contributed by atoms with E-state index >= 15 is 0 Å². The summed E-state index contributed by atoms with van der Waals surface area (Å²) in [5.41, 5.74) is 2.94. The van der Waals surface area contributed by atoms with Gasteiger partial charge >= 0.3 is 0 Å². The van der Waals surface area contributed by atoms with E-state index in [2.05, 4.69) is 24.1 Å². The molecule has 2 heterocycles. The van der Waals surface area contributed by atoms with Crippen molar-refractivity contribution in [1.82, 2.24) is 15.2 Å². The average molecular weight is 371 g/mol. The number of aromatic nitrogens is 1. The first-order valence-corrected chi connectivity index (χ1v) is 9.52. The second-order valence-electron chi connectivity index (χ2n) is 7.53. The molecule has 1 amide bonds. The van der Waals surface area contributed by atoms with Gasteiger partial charge < -0.3 is 14.5 Å². The van der Waals surface area contributed by atoms with E-state index in [9.17, 15) is 4.79 Å². The number of nitrogens with one attached hydrogen (secondary N) is 1. The molecule has 0 bridgehead atoms. The van der Waals surface area contributed by atoms with Crippen LogP contribution in [0.2, 0.25) is 0 Å². The summed E-state index contributed by atoms with van der Waals surface area (Å²) in [6.07, 6.45) is 1.52. The molecule has 146 valence electrons. The topological polar surface area (TPSA) is 67.6 Å². The van der Waals surface area contributed by atoms with Crippen molar-refractivity contribution >= 4 is 5.91 Å².